The number of anilines is 1. The molecule has 1 aliphatic heterocycles. The molecule has 5 atom stereocenters. The van der Waals surface area contributed by atoms with Crippen molar-refractivity contribution in [3.63, 3.8) is 0 Å². The van der Waals surface area contributed by atoms with Crippen LogP contribution in [-0.4, -0.2) is 94.5 Å². The number of thiazole rings is 1. The van der Waals surface area contributed by atoms with Gasteiger partial charge in [-0.3, -0.25) is 23.9 Å². The second-order valence-corrected chi connectivity index (χ2v) is 18.7. The van der Waals surface area contributed by atoms with Crippen LogP contribution in [0, 0.1) is 11.8 Å². The molecule has 326 valence electrons. The standard InChI is InChI=1S/C41H41F3N8O8S2/c1-5-22-17-40(22,38(56)51-62(57,58)25-14-15-25)50-35(54)28-16-24(18-52(28)37(55)30(20(2)3)48-39-46-27(19-61-39)34(53)45-4)59-36-32-31(26-8-6-7-9-29(26)60-32)47-33(49-36)21-10-12-23(13-11-21)41(42,43)44/h5-13,19-20,22,24-25,28,30H,1,14-18H2,2-4H3,(H,45,53)(H,46,48)(H,50,54)(H,51,56)/t22-,24-,28+,30+,40-/m1/s1. The van der Waals surface area contributed by atoms with Gasteiger partial charge in [0.1, 0.15) is 40.5 Å². The molecule has 0 bridgehead atoms. The van der Waals surface area contributed by atoms with Crippen LogP contribution in [-0.2, 0) is 30.6 Å². The number of ether oxygens (including phenoxy) is 1. The van der Waals surface area contributed by atoms with Crippen molar-refractivity contribution in [1.82, 2.24) is 35.2 Å². The highest BCUT2D eigenvalue weighted by atomic mass is 32.2. The maximum Gasteiger partial charge on any atom is 0.416 e. The van der Waals surface area contributed by atoms with Crippen molar-refractivity contribution in [2.24, 2.45) is 11.8 Å². The van der Waals surface area contributed by atoms with Crippen LogP contribution in [0.15, 0.2) is 71.0 Å². The largest absolute Gasteiger partial charge is 0.470 e. The Bertz CT molecular complexity index is 2720. The minimum Gasteiger partial charge on any atom is -0.470 e. The second-order valence-electron chi connectivity index (χ2n) is 15.9. The van der Waals surface area contributed by atoms with Gasteiger partial charge in [-0.25, -0.2) is 18.4 Å². The van der Waals surface area contributed by atoms with E-state index in [4.69, 9.17) is 9.15 Å². The SMILES string of the molecule is C=C[C@@H]1C[C@]1(NC(=O)[C@@H]1C[C@@H](Oc2nc(-c3ccc(C(F)(F)F)cc3)nc3c2oc2ccccc23)CN1C(=O)[C@@H](Nc1nc(C(=O)NC)cs1)C(C)C)C(=O)NS(=O)(=O)C1CC1. The topological polar surface area (TPSA) is 215 Å². The molecule has 3 aliphatic rings. The number of benzene rings is 2. The summed E-state index contributed by atoms with van der Waals surface area (Å²) in [5.74, 6) is -3.71. The predicted molar refractivity (Wildman–Crippen MR) is 221 cm³/mol. The molecule has 0 radical (unpaired) electrons. The smallest absolute Gasteiger partial charge is 0.416 e. The van der Waals surface area contributed by atoms with Gasteiger partial charge in [-0.2, -0.15) is 18.2 Å². The number of hydrogen-bond donors (Lipinski definition) is 4. The van der Waals surface area contributed by atoms with Crippen molar-refractivity contribution < 1.29 is 49.9 Å². The maximum atomic E-state index is 14.7. The van der Waals surface area contributed by atoms with E-state index in [0.29, 0.717) is 29.3 Å². The van der Waals surface area contributed by atoms with E-state index in [9.17, 15) is 40.8 Å². The van der Waals surface area contributed by atoms with E-state index in [2.05, 4.69) is 42.2 Å². The number of hydrogen-bond acceptors (Lipinski definition) is 13. The third-order valence-electron chi connectivity index (χ3n) is 11.2. The summed E-state index contributed by atoms with van der Waals surface area (Å²) >= 11 is 1.10. The molecular weight excluding hydrogens is 854 g/mol. The van der Waals surface area contributed by atoms with Crippen LogP contribution in [0.4, 0.5) is 18.3 Å². The number of furan rings is 1. The molecule has 0 unspecified atom stereocenters. The van der Waals surface area contributed by atoms with Gasteiger partial charge >= 0.3 is 6.18 Å². The number of sulfonamides is 1. The van der Waals surface area contributed by atoms with Crippen molar-refractivity contribution >= 4 is 72.2 Å². The molecule has 4 amide bonds. The van der Waals surface area contributed by atoms with E-state index in [1.165, 1.54) is 35.5 Å². The fraction of sp³-hybridized carbons (Fsp3) is 0.390. The quantitative estimate of drug-likeness (QED) is 0.108. The first kappa shape index (κ1) is 42.6. The predicted octanol–water partition coefficient (Wildman–Crippen LogP) is 5.03. The fourth-order valence-corrected chi connectivity index (χ4v) is 9.63. The summed E-state index contributed by atoms with van der Waals surface area (Å²) in [6, 6.07) is 9.00. The number of alkyl halides is 3. The summed E-state index contributed by atoms with van der Waals surface area (Å²) in [4.78, 5) is 69.9. The Hall–Kier alpha value is -6.09. The first-order valence-electron chi connectivity index (χ1n) is 19.7. The number of rotatable bonds is 14. The first-order valence-corrected chi connectivity index (χ1v) is 22.1. The Labute approximate surface area is 356 Å². The number of amides is 4. The van der Waals surface area contributed by atoms with Crippen molar-refractivity contribution in [3.8, 4) is 17.3 Å². The van der Waals surface area contributed by atoms with Gasteiger partial charge in [0, 0.05) is 35.7 Å². The summed E-state index contributed by atoms with van der Waals surface area (Å²) in [5, 5.41) is 10.0. The molecule has 2 aromatic carbocycles. The summed E-state index contributed by atoms with van der Waals surface area (Å²) in [6.45, 7) is 7.13. The van der Waals surface area contributed by atoms with Gasteiger partial charge in [0.2, 0.25) is 27.4 Å². The molecule has 1 saturated heterocycles. The number of carbonyl (C=O) groups is 4. The Morgan fingerprint density at radius 3 is 2.44 bits per heavy atom. The average Bonchev–Trinajstić information content (AvgIpc) is 4.07. The second kappa shape index (κ2) is 16.0. The summed E-state index contributed by atoms with van der Waals surface area (Å²) < 4.78 is 80.7. The van der Waals surface area contributed by atoms with Gasteiger partial charge in [0.05, 0.1) is 17.4 Å². The Balaban J connectivity index is 1.14. The van der Waals surface area contributed by atoms with Crippen LogP contribution in [0.1, 0.15) is 55.6 Å². The highest BCUT2D eigenvalue weighted by Gasteiger charge is 2.62. The third kappa shape index (κ3) is 8.17. The van der Waals surface area contributed by atoms with Crippen LogP contribution in [0.3, 0.4) is 0 Å². The van der Waals surface area contributed by atoms with Crippen molar-refractivity contribution in [2.45, 2.75) is 74.7 Å². The number of nitrogens with zero attached hydrogens (tertiary/aromatic N) is 4. The molecule has 2 saturated carbocycles. The fourth-order valence-electron chi connectivity index (χ4n) is 7.53. The van der Waals surface area contributed by atoms with Crippen molar-refractivity contribution in [2.75, 3.05) is 18.9 Å². The zero-order valence-electron chi connectivity index (χ0n) is 33.5. The van der Waals surface area contributed by atoms with Crippen LogP contribution >= 0.6 is 11.3 Å². The van der Waals surface area contributed by atoms with Gasteiger partial charge < -0.3 is 30.0 Å². The number of fused-ring (bicyclic) bond motifs is 3. The molecule has 21 heteroatoms. The number of carbonyl (C=O) groups excluding carboxylic acids is 4. The molecule has 5 aromatic rings. The zero-order valence-corrected chi connectivity index (χ0v) is 35.1. The van der Waals surface area contributed by atoms with Crippen LogP contribution < -0.4 is 25.4 Å². The van der Waals surface area contributed by atoms with Gasteiger partial charge in [0.25, 0.3) is 17.7 Å². The van der Waals surface area contributed by atoms with Crippen molar-refractivity contribution in [3.05, 3.63) is 77.8 Å². The summed E-state index contributed by atoms with van der Waals surface area (Å²) in [6.07, 6.45) is -3.33. The van der Waals surface area contributed by atoms with E-state index in [1.54, 1.807) is 38.1 Å². The van der Waals surface area contributed by atoms with Crippen LogP contribution in [0.5, 0.6) is 5.88 Å². The number of nitrogens with one attached hydrogen (secondary N) is 4. The highest BCUT2D eigenvalue weighted by molar-refractivity contribution is 7.91. The number of halogens is 3. The lowest BCUT2D eigenvalue weighted by molar-refractivity contribution is -0.140. The molecule has 16 nitrogen and oxygen atoms in total. The van der Waals surface area contributed by atoms with E-state index < -0.39 is 80.3 Å². The lowest BCUT2D eigenvalue weighted by Gasteiger charge is -2.31. The van der Waals surface area contributed by atoms with Gasteiger partial charge in [-0.05, 0) is 49.4 Å². The minimum atomic E-state index is -4.57. The van der Waals surface area contributed by atoms with Crippen molar-refractivity contribution in [1.29, 1.82) is 0 Å². The maximum absolute atomic E-state index is 14.7. The van der Waals surface area contributed by atoms with Gasteiger partial charge in [-0.1, -0.05) is 44.2 Å². The Morgan fingerprint density at radius 2 is 1.79 bits per heavy atom. The number of likely N-dealkylation sites (tertiary alicyclic amines) is 1. The molecule has 3 aromatic heterocycles. The minimum absolute atomic E-state index is 0.0231. The molecule has 4 heterocycles. The third-order valence-corrected chi connectivity index (χ3v) is 13.8. The molecule has 3 fully saturated rings. The summed E-state index contributed by atoms with van der Waals surface area (Å²) in [7, 11) is -2.52. The van der Waals surface area contributed by atoms with Gasteiger partial charge in [0.15, 0.2) is 11.0 Å². The molecule has 2 aliphatic carbocycles. The lowest BCUT2D eigenvalue weighted by Crippen LogP contribution is -2.58. The monoisotopic (exact) mass is 894 g/mol. The summed E-state index contributed by atoms with van der Waals surface area (Å²) in [5.41, 5.74) is -1.28. The Kier molecular flexibility index (Phi) is 11.0. The first-order chi connectivity index (χ1) is 29.4. The normalized spacial score (nSPS) is 21.7. The Morgan fingerprint density at radius 1 is 1.06 bits per heavy atom. The molecule has 0 spiro atoms. The average molecular weight is 895 g/mol. The van der Waals surface area contributed by atoms with Crippen LogP contribution in [0.2, 0.25) is 0 Å². The molecular formula is C41H41F3N8O8S2. The number of aromatic nitrogens is 3. The van der Waals surface area contributed by atoms with E-state index in [-0.39, 0.29) is 59.0 Å². The molecule has 8 rings (SSSR count). The molecule has 62 heavy (non-hydrogen) atoms. The lowest BCUT2D eigenvalue weighted by atomic mass is 10.0. The van der Waals surface area contributed by atoms with E-state index in [1.807, 2.05) is 0 Å². The number of para-hydroxylation sites is 1. The van der Waals surface area contributed by atoms with Gasteiger partial charge in [-0.15, -0.1) is 17.9 Å². The highest BCUT2D eigenvalue weighted by Crippen LogP contribution is 2.46. The molecule has 4 N–H and O–H groups in total. The zero-order chi connectivity index (χ0) is 44.3. The van der Waals surface area contributed by atoms with Crippen LogP contribution in [0.25, 0.3) is 33.5 Å². The van der Waals surface area contributed by atoms with E-state index >= 15 is 0 Å². The van der Waals surface area contributed by atoms with E-state index in [0.717, 1.165) is 23.5 Å².